The first kappa shape index (κ1) is 12.2. The minimum atomic E-state index is 0.0113. The van der Waals surface area contributed by atoms with Gasteiger partial charge in [0, 0.05) is 18.3 Å². The molecule has 0 bridgehead atoms. The smallest absolute Gasteiger partial charge is 0.225 e. The number of aromatic nitrogens is 2. The molecule has 15 heavy (non-hydrogen) atoms. The number of rotatable bonds is 2. The van der Waals surface area contributed by atoms with Crippen LogP contribution in [0, 0.1) is 6.92 Å². The van der Waals surface area contributed by atoms with Gasteiger partial charge in [0.15, 0.2) is 0 Å². The quantitative estimate of drug-likeness (QED) is 0.728. The van der Waals surface area contributed by atoms with Crippen LogP contribution in [0.3, 0.4) is 0 Å². The van der Waals surface area contributed by atoms with Crippen molar-refractivity contribution in [3.8, 4) is 0 Å². The Morgan fingerprint density at radius 3 is 2.40 bits per heavy atom. The lowest BCUT2D eigenvalue weighted by molar-refractivity contribution is 0.527. The Bertz CT molecular complexity index is 344. The molecule has 0 amide bonds. The summed E-state index contributed by atoms with van der Waals surface area (Å²) in [6, 6.07) is 1.91. The minimum absolute atomic E-state index is 0.0113. The van der Waals surface area contributed by atoms with Gasteiger partial charge in [-0.25, -0.2) is 9.97 Å². The monoisotopic (exact) mass is 227 g/mol. The molecule has 0 fully saturated rings. The van der Waals surface area contributed by atoms with E-state index >= 15 is 0 Å². The molecule has 0 N–H and O–H groups in total. The highest BCUT2D eigenvalue weighted by molar-refractivity contribution is 6.16. The van der Waals surface area contributed by atoms with Crippen molar-refractivity contribution >= 4 is 17.5 Å². The molecule has 0 aliphatic rings. The molecule has 0 atom stereocenters. The molecular weight excluding hydrogens is 210 g/mol. The lowest BCUT2D eigenvalue weighted by Crippen LogP contribution is -2.39. The van der Waals surface area contributed by atoms with Crippen LogP contribution in [0.5, 0.6) is 0 Å². The third-order valence-electron chi connectivity index (χ3n) is 2.34. The van der Waals surface area contributed by atoms with E-state index in [-0.39, 0.29) is 5.54 Å². The second-order valence-electron chi connectivity index (χ2n) is 4.66. The molecule has 0 spiro atoms. The summed E-state index contributed by atoms with van der Waals surface area (Å²) in [6.07, 6.45) is 0. The fourth-order valence-corrected chi connectivity index (χ4v) is 1.27. The second kappa shape index (κ2) is 4.35. The molecule has 0 aliphatic carbocycles. The van der Waals surface area contributed by atoms with Gasteiger partial charge in [0.2, 0.25) is 5.95 Å². The average Bonchev–Trinajstić information content (AvgIpc) is 2.14. The first-order valence-corrected chi connectivity index (χ1v) is 5.52. The molecule has 0 saturated heterocycles. The van der Waals surface area contributed by atoms with Crippen LogP contribution in [-0.4, -0.2) is 22.6 Å². The fourth-order valence-electron chi connectivity index (χ4n) is 1.14. The van der Waals surface area contributed by atoms with E-state index < -0.39 is 0 Å². The molecule has 84 valence electrons. The maximum Gasteiger partial charge on any atom is 0.225 e. The largest absolute Gasteiger partial charge is 0.339 e. The van der Waals surface area contributed by atoms with E-state index in [4.69, 9.17) is 11.6 Å². The summed E-state index contributed by atoms with van der Waals surface area (Å²) in [5.41, 5.74) is 1.83. The van der Waals surface area contributed by atoms with Crippen LogP contribution in [0.4, 0.5) is 5.95 Å². The minimum Gasteiger partial charge on any atom is -0.339 e. The Morgan fingerprint density at radius 2 is 1.93 bits per heavy atom. The van der Waals surface area contributed by atoms with Crippen LogP contribution in [0.25, 0.3) is 0 Å². The summed E-state index contributed by atoms with van der Waals surface area (Å²) < 4.78 is 0. The van der Waals surface area contributed by atoms with Gasteiger partial charge >= 0.3 is 0 Å². The number of hydrogen-bond acceptors (Lipinski definition) is 3. The van der Waals surface area contributed by atoms with Gasteiger partial charge in [0.1, 0.15) is 0 Å². The van der Waals surface area contributed by atoms with Crippen LogP contribution in [-0.2, 0) is 5.88 Å². The van der Waals surface area contributed by atoms with Crippen molar-refractivity contribution in [2.75, 3.05) is 11.9 Å². The molecule has 0 aromatic carbocycles. The molecule has 1 heterocycles. The predicted molar refractivity (Wildman–Crippen MR) is 64.5 cm³/mol. The summed E-state index contributed by atoms with van der Waals surface area (Å²) in [7, 11) is 1.99. The summed E-state index contributed by atoms with van der Waals surface area (Å²) >= 11 is 5.78. The zero-order chi connectivity index (χ0) is 11.6. The zero-order valence-corrected chi connectivity index (χ0v) is 10.8. The number of halogens is 1. The van der Waals surface area contributed by atoms with Gasteiger partial charge in [-0.1, -0.05) is 0 Å². The van der Waals surface area contributed by atoms with Crippen molar-refractivity contribution in [1.82, 2.24) is 9.97 Å². The highest BCUT2D eigenvalue weighted by Gasteiger charge is 2.20. The maximum absolute atomic E-state index is 5.78. The molecule has 0 saturated carbocycles. The molecule has 1 aromatic rings. The molecule has 0 unspecified atom stereocenters. The predicted octanol–water partition coefficient (Wildman–Crippen LogP) is 2.76. The lowest BCUT2D eigenvalue weighted by atomic mass is 10.1. The van der Waals surface area contributed by atoms with Crippen molar-refractivity contribution in [3.63, 3.8) is 0 Å². The number of nitrogens with zero attached hydrogens (tertiary/aromatic N) is 3. The SMILES string of the molecule is Cc1cc(CCl)nc(N(C)C(C)(C)C)n1. The molecule has 4 heteroatoms. The Balaban J connectivity index is 3.09. The van der Waals surface area contributed by atoms with Gasteiger partial charge in [-0.3, -0.25) is 0 Å². The number of anilines is 1. The molecule has 0 aliphatic heterocycles. The van der Waals surface area contributed by atoms with Gasteiger partial charge < -0.3 is 4.90 Å². The van der Waals surface area contributed by atoms with E-state index in [2.05, 4.69) is 35.6 Å². The van der Waals surface area contributed by atoms with E-state index in [1.165, 1.54) is 0 Å². The Morgan fingerprint density at radius 1 is 1.33 bits per heavy atom. The van der Waals surface area contributed by atoms with Crippen LogP contribution in [0.2, 0.25) is 0 Å². The maximum atomic E-state index is 5.78. The molecule has 1 aromatic heterocycles. The average molecular weight is 228 g/mol. The highest BCUT2D eigenvalue weighted by atomic mass is 35.5. The van der Waals surface area contributed by atoms with Crippen molar-refractivity contribution in [1.29, 1.82) is 0 Å². The molecule has 0 radical (unpaired) electrons. The Labute approximate surface area is 96.5 Å². The van der Waals surface area contributed by atoms with E-state index in [1.54, 1.807) is 0 Å². The molecular formula is C11H18ClN3. The van der Waals surface area contributed by atoms with E-state index in [1.807, 2.05) is 20.0 Å². The molecule has 3 nitrogen and oxygen atoms in total. The summed E-state index contributed by atoms with van der Waals surface area (Å²) in [5.74, 6) is 1.16. The number of hydrogen-bond donors (Lipinski definition) is 0. The van der Waals surface area contributed by atoms with Crippen LogP contribution < -0.4 is 4.90 Å². The van der Waals surface area contributed by atoms with Crippen LogP contribution in [0.1, 0.15) is 32.2 Å². The highest BCUT2D eigenvalue weighted by Crippen LogP contribution is 2.18. The van der Waals surface area contributed by atoms with Gasteiger partial charge in [-0.15, -0.1) is 11.6 Å². The lowest BCUT2D eigenvalue weighted by Gasteiger charge is -2.32. The first-order chi connectivity index (χ1) is 6.84. The zero-order valence-electron chi connectivity index (χ0n) is 10.0. The topological polar surface area (TPSA) is 29.0 Å². The van der Waals surface area contributed by atoms with Crippen molar-refractivity contribution in [3.05, 3.63) is 17.5 Å². The second-order valence-corrected chi connectivity index (χ2v) is 4.93. The molecule has 1 rings (SSSR count). The van der Waals surface area contributed by atoms with Crippen LogP contribution in [0.15, 0.2) is 6.07 Å². The van der Waals surface area contributed by atoms with Crippen LogP contribution >= 0.6 is 11.6 Å². The standard InChI is InChI=1S/C11H18ClN3/c1-8-6-9(7-12)14-10(13-8)15(5)11(2,3)4/h6H,7H2,1-5H3. The first-order valence-electron chi connectivity index (χ1n) is 4.99. The van der Waals surface area contributed by atoms with Crippen molar-refractivity contribution in [2.45, 2.75) is 39.1 Å². The van der Waals surface area contributed by atoms with Gasteiger partial charge in [0.05, 0.1) is 11.6 Å². The summed E-state index contributed by atoms with van der Waals surface area (Å²) in [6.45, 7) is 8.33. The number of alkyl halides is 1. The Kier molecular flexibility index (Phi) is 3.55. The third-order valence-corrected chi connectivity index (χ3v) is 2.61. The van der Waals surface area contributed by atoms with Crippen molar-refractivity contribution < 1.29 is 0 Å². The van der Waals surface area contributed by atoms with Gasteiger partial charge in [0.25, 0.3) is 0 Å². The summed E-state index contributed by atoms with van der Waals surface area (Å²) in [5, 5.41) is 0. The summed E-state index contributed by atoms with van der Waals surface area (Å²) in [4.78, 5) is 10.9. The van der Waals surface area contributed by atoms with Crippen molar-refractivity contribution in [2.24, 2.45) is 0 Å². The van der Waals surface area contributed by atoms with Gasteiger partial charge in [-0.2, -0.15) is 0 Å². The normalized spacial score (nSPS) is 11.6. The fraction of sp³-hybridized carbons (Fsp3) is 0.636. The van der Waals surface area contributed by atoms with Gasteiger partial charge in [-0.05, 0) is 33.8 Å². The Hall–Kier alpha value is -0.830. The number of aryl methyl sites for hydroxylation is 1. The third kappa shape index (κ3) is 3.06. The van der Waals surface area contributed by atoms with E-state index in [9.17, 15) is 0 Å². The van der Waals surface area contributed by atoms with E-state index in [0.29, 0.717) is 5.88 Å². The van der Waals surface area contributed by atoms with E-state index in [0.717, 1.165) is 17.3 Å².